The monoisotopic (exact) mass is 385 g/mol. The highest BCUT2D eigenvalue weighted by Gasteiger charge is 2.44. The molecule has 1 aliphatic rings. The van der Waals surface area contributed by atoms with E-state index in [1.807, 2.05) is 45.0 Å². The Morgan fingerprint density at radius 2 is 2.00 bits per heavy atom. The van der Waals surface area contributed by atoms with Crippen molar-refractivity contribution >= 4 is 23.0 Å². The second-order valence-corrected chi connectivity index (χ2v) is 7.69. The molecular formula is C21H23NO4S. The summed E-state index contributed by atoms with van der Waals surface area (Å²) >= 11 is 1.30. The third-order valence-electron chi connectivity index (χ3n) is 4.56. The number of benzene rings is 1. The highest BCUT2D eigenvalue weighted by Crippen LogP contribution is 2.40. The molecule has 1 aromatic heterocycles. The van der Waals surface area contributed by atoms with Crippen LogP contribution in [0.3, 0.4) is 0 Å². The Morgan fingerprint density at radius 1 is 1.26 bits per heavy atom. The normalized spacial score (nSPS) is 17.3. The number of ether oxygens (including phenoxy) is 1. The maximum absolute atomic E-state index is 13.1. The molecular weight excluding hydrogens is 362 g/mol. The first-order valence-electron chi connectivity index (χ1n) is 8.91. The average molecular weight is 385 g/mol. The molecule has 3 rings (SSSR count). The van der Waals surface area contributed by atoms with Gasteiger partial charge in [-0.25, -0.2) is 0 Å². The molecule has 27 heavy (non-hydrogen) atoms. The van der Waals surface area contributed by atoms with E-state index in [2.05, 4.69) is 0 Å². The smallest absolute Gasteiger partial charge is 0.290 e. The highest BCUT2D eigenvalue weighted by atomic mass is 32.1. The summed E-state index contributed by atoms with van der Waals surface area (Å²) in [5, 5.41) is 12.4. The molecule has 0 spiro atoms. The molecule has 1 unspecified atom stereocenters. The van der Waals surface area contributed by atoms with Crippen molar-refractivity contribution in [3.8, 4) is 0 Å². The summed E-state index contributed by atoms with van der Waals surface area (Å²) in [6.07, 6.45) is 0.0355. The number of Topliss-reactive ketones (excluding diaryl/α,β-unsaturated/α-hetero) is 1. The van der Waals surface area contributed by atoms with Gasteiger partial charge < -0.3 is 14.7 Å². The number of thiophene rings is 1. The van der Waals surface area contributed by atoms with Crippen molar-refractivity contribution in [2.75, 3.05) is 13.2 Å². The van der Waals surface area contributed by atoms with Crippen molar-refractivity contribution in [1.29, 1.82) is 0 Å². The second-order valence-electron chi connectivity index (χ2n) is 6.75. The van der Waals surface area contributed by atoms with Gasteiger partial charge in [0.1, 0.15) is 0 Å². The Kier molecular flexibility index (Phi) is 5.77. The predicted octanol–water partition coefficient (Wildman–Crippen LogP) is 4.06. The Labute approximate surface area is 162 Å². The Hall–Kier alpha value is -2.44. The minimum atomic E-state index is -0.621. The Morgan fingerprint density at radius 3 is 2.63 bits per heavy atom. The van der Waals surface area contributed by atoms with Crippen LogP contribution in [0.1, 0.15) is 40.7 Å². The van der Waals surface area contributed by atoms with Crippen LogP contribution in [0.15, 0.2) is 53.1 Å². The number of aliphatic hydroxyl groups is 1. The topological polar surface area (TPSA) is 66.8 Å². The highest BCUT2D eigenvalue weighted by molar-refractivity contribution is 7.12. The van der Waals surface area contributed by atoms with Gasteiger partial charge in [-0.1, -0.05) is 30.3 Å². The van der Waals surface area contributed by atoms with E-state index in [0.717, 1.165) is 11.1 Å². The molecule has 2 aromatic rings. The van der Waals surface area contributed by atoms with Gasteiger partial charge in [-0.05, 0) is 43.3 Å². The van der Waals surface area contributed by atoms with Gasteiger partial charge in [-0.15, -0.1) is 11.3 Å². The fraction of sp³-hybridized carbons (Fsp3) is 0.333. The zero-order chi connectivity index (χ0) is 19.6. The molecule has 2 heterocycles. The molecule has 0 fully saturated rings. The molecule has 6 heteroatoms. The van der Waals surface area contributed by atoms with Crippen LogP contribution in [-0.2, 0) is 9.53 Å². The number of nitrogens with zero attached hydrogens (tertiary/aromatic N) is 1. The van der Waals surface area contributed by atoms with E-state index in [1.54, 1.807) is 17.5 Å². The molecule has 1 aliphatic heterocycles. The van der Waals surface area contributed by atoms with Crippen LogP contribution in [-0.4, -0.2) is 41.0 Å². The number of ketones is 1. The van der Waals surface area contributed by atoms with E-state index < -0.39 is 17.7 Å². The van der Waals surface area contributed by atoms with E-state index in [1.165, 1.54) is 16.2 Å². The summed E-state index contributed by atoms with van der Waals surface area (Å²) in [7, 11) is 0. The van der Waals surface area contributed by atoms with Crippen LogP contribution in [0, 0.1) is 6.92 Å². The molecule has 5 nitrogen and oxygen atoms in total. The van der Waals surface area contributed by atoms with Crippen LogP contribution in [0.2, 0.25) is 0 Å². The first kappa shape index (κ1) is 19.3. The molecule has 142 valence electrons. The first-order valence-corrected chi connectivity index (χ1v) is 9.79. The summed E-state index contributed by atoms with van der Waals surface area (Å²) in [6.45, 7) is 6.41. The quantitative estimate of drug-likeness (QED) is 0.730. The number of amides is 1. The lowest BCUT2D eigenvalue weighted by Crippen LogP contribution is -2.34. The molecule has 0 saturated heterocycles. The van der Waals surface area contributed by atoms with Crippen molar-refractivity contribution in [2.45, 2.75) is 32.9 Å². The Bertz CT molecular complexity index is 870. The lowest BCUT2D eigenvalue weighted by atomic mass is 9.92. The number of carbonyl (C=O) groups is 2. The summed E-state index contributed by atoms with van der Waals surface area (Å²) in [4.78, 5) is 27.9. The summed E-state index contributed by atoms with van der Waals surface area (Å²) in [5.74, 6) is -1.31. The van der Waals surface area contributed by atoms with Crippen LogP contribution in [0.5, 0.6) is 0 Å². The summed E-state index contributed by atoms with van der Waals surface area (Å²) < 4.78 is 5.59. The molecule has 1 aromatic carbocycles. The zero-order valence-electron chi connectivity index (χ0n) is 15.6. The maximum atomic E-state index is 13.1. The van der Waals surface area contributed by atoms with Gasteiger partial charge in [0, 0.05) is 6.54 Å². The fourth-order valence-corrected chi connectivity index (χ4v) is 3.94. The predicted molar refractivity (Wildman–Crippen MR) is 105 cm³/mol. The van der Waals surface area contributed by atoms with Crippen molar-refractivity contribution in [3.63, 3.8) is 0 Å². The van der Waals surface area contributed by atoms with Crippen LogP contribution in [0.25, 0.3) is 0 Å². The molecule has 1 amide bonds. The average Bonchev–Trinajstić information content (AvgIpc) is 3.24. The minimum absolute atomic E-state index is 0.0355. The maximum Gasteiger partial charge on any atom is 0.290 e. The van der Waals surface area contributed by atoms with Crippen molar-refractivity contribution in [2.24, 2.45) is 0 Å². The molecule has 0 radical (unpaired) electrons. The molecule has 0 aliphatic carbocycles. The van der Waals surface area contributed by atoms with Crippen LogP contribution >= 0.6 is 11.3 Å². The standard InChI is InChI=1S/C21H23NO4S/c1-13(2)26-11-10-22-18(15-8-5-4-7-14(15)3)17(20(24)21(22)25)19(23)16-9-6-12-27-16/h4-9,12-13,18,24H,10-11H2,1-3H3. The van der Waals surface area contributed by atoms with Gasteiger partial charge in [-0.2, -0.15) is 0 Å². The first-order chi connectivity index (χ1) is 12.9. The summed E-state index contributed by atoms with van der Waals surface area (Å²) in [5.41, 5.74) is 1.93. The third-order valence-corrected chi connectivity index (χ3v) is 5.43. The fourth-order valence-electron chi connectivity index (χ4n) is 3.26. The largest absolute Gasteiger partial charge is 0.503 e. The van der Waals surface area contributed by atoms with Crippen molar-refractivity contribution < 1.29 is 19.4 Å². The van der Waals surface area contributed by atoms with Gasteiger partial charge in [0.15, 0.2) is 5.76 Å². The number of carbonyl (C=O) groups excluding carboxylic acids is 2. The van der Waals surface area contributed by atoms with Gasteiger partial charge in [0.2, 0.25) is 5.78 Å². The minimum Gasteiger partial charge on any atom is -0.503 e. The van der Waals surface area contributed by atoms with E-state index in [0.29, 0.717) is 18.0 Å². The van der Waals surface area contributed by atoms with E-state index in [4.69, 9.17) is 4.74 Å². The van der Waals surface area contributed by atoms with E-state index >= 15 is 0 Å². The van der Waals surface area contributed by atoms with Gasteiger partial charge in [-0.3, -0.25) is 9.59 Å². The van der Waals surface area contributed by atoms with Crippen LogP contribution < -0.4 is 0 Å². The number of aryl methyl sites for hydroxylation is 1. The third kappa shape index (κ3) is 3.82. The zero-order valence-corrected chi connectivity index (χ0v) is 16.5. The molecule has 1 N–H and O–H groups in total. The lowest BCUT2D eigenvalue weighted by Gasteiger charge is -2.28. The lowest BCUT2D eigenvalue weighted by molar-refractivity contribution is -0.130. The van der Waals surface area contributed by atoms with Gasteiger partial charge >= 0.3 is 0 Å². The number of rotatable bonds is 7. The van der Waals surface area contributed by atoms with Crippen molar-refractivity contribution in [3.05, 3.63) is 69.1 Å². The molecule has 0 saturated carbocycles. The van der Waals surface area contributed by atoms with Crippen LogP contribution in [0.4, 0.5) is 0 Å². The van der Waals surface area contributed by atoms with Crippen molar-refractivity contribution in [1.82, 2.24) is 4.90 Å². The van der Waals surface area contributed by atoms with E-state index in [9.17, 15) is 14.7 Å². The Balaban J connectivity index is 2.02. The number of hydrogen-bond donors (Lipinski definition) is 1. The summed E-state index contributed by atoms with van der Waals surface area (Å²) in [6, 6.07) is 10.5. The molecule has 0 bridgehead atoms. The van der Waals surface area contributed by atoms with Gasteiger partial charge in [0.05, 0.1) is 29.2 Å². The van der Waals surface area contributed by atoms with E-state index in [-0.39, 0.29) is 17.5 Å². The molecule has 1 atom stereocenters. The number of aliphatic hydroxyl groups excluding tert-OH is 1. The number of hydrogen-bond acceptors (Lipinski definition) is 5. The second kappa shape index (κ2) is 8.06. The van der Waals surface area contributed by atoms with Gasteiger partial charge in [0.25, 0.3) is 5.91 Å². The SMILES string of the molecule is Cc1ccccc1C1C(C(=O)c2cccs2)=C(O)C(=O)N1CCOC(C)C.